The lowest BCUT2D eigenvalue weighted by Crippen LogP contribution is -2.58. The number of nitrogens with zero attached hydrogens (tertiary/aromatic N) is 3. The number of piperazine rings is 1. The van der Waals surface area contributed by atoms with Crippen LogP contribution in [0.15, 0.2) is 54.6 Å². The SMILES string of the molecule is CC1CN(C(=O)CCN2C(=O)c3ccccc3C2=O)CC(C)N1c1ccccc1. The summed E-state index contributed by atoms with van der Waals surface area (Å²) in [7, 11) is 0. The molecule has 0 aliphatic carbocycles. The summed E-state index contributed by atoms with van der Waals surface area (Å²) in [6.07, 6.45) is 0.149. The zero-order chi connectivity index (χ0) is 20.5. The number of carbonyl (C=O) groups excluding carboxylic acids is 3. The zero-order valence-corrected chi connectivity index (χ0v) is 16.7. The van der Waals surface area contributed by atoms with Gasteiger partial charge in [0.05, 0.1) is 11.1 Å². The molecule has 2 aliphatic rings. The van der Waals surface area contributed by atoms with Crippen molar-refractivity contribution in [2.24, 2.45) is 0 Å². The van der Waals surface area contributed by atoms with Crippen molar-refractivity contribution in [3.63, 3.8) is 0 Å². The lowest BCUT2D eigenvalue weighted by Gasteiger charge is -2.46. The second kappa shape index (κ2) is 7.70. The van der Waals surface area contributed by atoms with Gasteiger partial charge in [-0.25, -0.2) is 0 Å². The van der Waals surface area contributed by atoms with E-state index in [1.54, 1.807) is 24.3 Å². The quantitative estimate of drug-likeness (QED) is 0.752. The molecule has 0 spiro atoms. The minimum absolute atomic E-state index is 0.0204. The average Bonchev–Trinajstić information content (AvgIpc) is 2.97. The molecule has 2 aromatic rings. The summed E-state index contributed by atoms with van der Waals surface area (Å²) >= 11 is 0. The predicted octanol–water partition coefficient (Wildman–Crippen LogP) is 2.80. The monoisotopic (exact) mass is 391 g/mol. The third kappa shape index (κ3) is 3.50. The van der Waals surface area contributed by atoms with Crippen LogP contribution in [0.1, 0.15) is 41.0 Å². The van der Waals surface area contributed by atoms with Crippen LogP contribution in [0.2, 0.25) is 0 Å². The lowest BCUT2D eigenvalue weighted by atomic mass is 10.1. The number of amides is 3. The Kier molecular flexibility index (Phi) is 5.09. The van der Waals surface area contributed by atoms with Gasteiger partial charge in [0.1, 0.15) is 0 Å². The molecular formula is C23H25N3O3. The number of carbonyl (C=O) groups is 3. The molecule has 2 aromatic carbocycles. The van der Waals surface area contributed by atoms with E-state index in [0.29, 0.717) is 24.2 Å². The molecule has 0 N–H and O–H groups in total. The molecule has 29 heavy (non-hydrogen) atoms. The molecule has 2 atom stereocenters. The maximum absolute atomic E-state index is 12.8. The van der Waals surface area contributed by atoms with Gasteiger partial charge in [0.25, 0.3) is 11.8 Å². The molecule has 0 aromatic heterocycles. The highest BCUT2D eigenvalue weighted by Crippen LogP contribution is 2.26. The number of fused-ring (bicyclic) bond motifs is 1. The van der Waals surface area contributed by atoms with Gasteiger partial charge in [-0.3, -0.25) is 19.3 Å². The van der Waals surface area contributed by atoms with Gasteiger partial charge in [-0.1, -0.05) is 30.3 Å². The van der Waals surface area contributed by atoms with Gasteiger partial charge in [0.15, 0.2) is 0 Å². The lowest BCUT2D eigenvalue weighted by molar-refractivity contribution is -0.132. The molecule has 2 aliphatic heterocycles. The third-order valence-corrected chi connectivity index (χ3v) is 5.75. The minimum atomic E-state index is -0.311. The summed E-state index contributed by atoms with van der Waals surface area (Å²) in [5, 5.41) is 0. The largest absolute Gasteiger partial charge is 0.363 e. The van der Waals surface area contributed by atoms with Crippen molar-refractivity contribution in [2.75, 3.05) is 24.5 Å². The summed E-state index contributed by atoms with van der Waals surface area (Å²) < 4.78 is 0. The van der Waals surface area contributed by atoms with Crippen LogP contribution in [0.4, 0.5) is 5.69 Å². The number of imide groups is 1. The Morgan fingerprint density at radius 1 is 0.862 bits per heavy atom. The average molecular weight is 391 g/mol. The summed E-state index contributed by atoms with van der Waals surface area (Å²) in [4.78, 5) is 43.2. The topological polar surface area (TPSA) is 60.9 Å². The fourth-order valence-corrected chi connectivity index (χ4v) is 4.44. The van der Waals surface area contributed by atoms with Crippen molar-refractivity contribution in [1.29, 1.82) is 0 Å². The molecule has 6 heteroatoms. The van der Waals surface area contributed by atoms with Gasteiger partial charge in [-0.2, -0.15) is 0 Å². The molecule has 2 heterocycles. The van der Waals surface area contributed by atoms with Crippen LogP contribution in [-0.2, 0) is 4.79 Å². The molecule has 1 fully saturated rings. The summed E-state index contributed by atoms with van der Waals surface area (Å²) in [5.41, 5.74) is 2.00. The first kappa shape index (κ1) is 19.2. The standard InChI is InChI=1S/C23H25N3O3/c1-16-14-24(15-17(2)26(16)18-8-4-3-5-9-18)21(27)12-13-25-22(28)19-10-6-7-11-20(19)23(25)29/h3-11,16-17H,12-15H2,1-2H3. The van der Waals surface area contributed by atoms with E-state index >= 15 is 0 Å². The van der Waals surface area contributed by atoms with Crippen molar-refractivity contribution in [3.05, 3.63) is 65.7 Å². The van der Waals surface area contributed by atoms with E-state index in [2.05, 4.69) is 30.9 Å². The van der Waals surface area contributed by atoms with Gasteiger partial charge in [0, 0.05) is 43.8 Å². The summed E-state index contributed by atoms with van der Waals surface area (Å²) in [5.74, 6) is -0.643. The van der Waals surface area contributed by atoms with Crippen molar-refractivity contribution < 1.29 is 14.4 Å². The first-order chi connectivity index (χ1) is 14.0. The van der Waals surface area contributed by atoms with E-state index in [-0.39, 0.29) is 42.8 Å². The molecular weight excluding hydrogens is 366 g/mol. The van der Waals surface area contributed by atoms with Gasteiger partial charge < -0.3 is 9.80 Å². The Bertz CT molecular complexity index is 896. The fourth-order valence-electron chi connectivity index (χ4n) is 4.44. The summed E-state index contributed by atoms with van der Waals surface area (Å²) in [6, 6.07) is 17.4. The Labute approximate surface area is 170 Å². The number of para-hydroxylation sites is 1. The molecule has 3 amide bonds. The van der Waals surface area contributed by atoms with Crippen molar-refractivity contribution >= 4 is 23.4 Å². The smallest absolute Gasteiger partial charge is 0.261 e. The van der Waals surface area contributed by atoms with E-state index in [9.17, 15) is 14.4 Å². The molecule has 0 radical (unpaired) electrons. The number of benzene rings is 2. The second-order valence-electron chi connectivity index (χ2n) is 7.80. The van der Waals surface area contributed by atoms with Crippen LogP contribution in [-0.4, -0.2) is 59.2 Å². The van der Waals surface area contributed by atoms with Crippen LogP contribution >= 0.6 is 0 Å². The van der Waals surface area contributed by atoms with Gasteiger partial charge >= 0.3 is 0 Å². The number of anilines is 1. The second-order valence-corrected chi connectivity index (χ2v) is 7.80. The van der Waals surface area contributed by atoms with E-state index in [4.69, 9.17) is 0 Å². The van der Waals surface area contributed by atoms with E-state index in [1.807, 2.05) is 23.1 Å². The van der Waals surface area contributed by atoms with Crippen molar-refractivity contribution in [2.45, 2.75) is 32.4 Å². The van der Waals surface area contributed by atoms with Crippen LogP contribution < -0.4 is 4.90 Å². The number of hydrogen-bond acceptors (Lipinski definition) is 4. The Balaban J connectivity index is 1.38. The molecule has 1 saturated heterocycles. The van der Waals surface area contributed by atoms with E-state index in [0.717, 1.165) is 5.69 Å². The number of rotatable bonds is 4. The van der Waals surface area contributed by atoms with Crippen LogP contribution in [0, 0.1) is 0 Å². The van der Waals surface area contributed by atoms with Crippen LogP contribution in [0.5, 0.6) is 0 Å². The molecule has 150 valence electrons. The van der Waals surface area contributed by atoms with Gasteiger partial charge in [-0.05, 0) is 38.1 Å². The van der Waals surface area contributed by atoms with Crippen LogP contribution in [0.3, 0.4) is 0 Å². The van der Waals surface area contributed by atoms with Crippen LogP contribution in [0.25, 0.3) is 0 Å². The highest BCUT2D eigenvalue weighted by atomic mass is 16.2. The molecule has 2 unspecified atom stereocenters. The molecule has 0 saturated carbocycles. The first-order valence-electron chi connectivity index (χ1n) is 10.0. The minimum Gasteiger partial charge on any atom is -0.363 e. The van der Waals surface area contributed by atoms with Crippen molar-refractivity contribution in [3.8, 4) is 0 Å². The maximum atomic E-state index is 12.8. The normalized spacial score (nSPS) is 21.5. The highest BCUT2D eigenvalue weighted by Gasteiger charge is 2.36. The Morgan fingerprint density at radius 3 is 1.93 bits per heavy atom. The van der Waals surface area contributed by atoms with Gasteiger partial charge in [-0.15, -0.1) is 0 Å². The first-order valence-corrected chi connectivity index (χ1v) is 10.0. The highest BCUT2D eigenvalue weighted by molar-refractivity contribution is 6.21. The molecule has 0 bridgehead atoms. The Hall–Kier alpha value is -3.15. The zero-order valence-electron chi connectivity index (χ0n) is 16.7. The number of hydrogen-bond donors (Lipinski definition) is 0. The predicted molar refractivity (Wildman–Crippen MR) is 111 cm³/mol. The Morgan fingerprint density at radius 2 is 1.38 bits per heavy atom. The van der Waals surface area contributed by atoms with Crippen molar-refractivity contribution in [1.82, 2.24) is 9.80 Å². The fraction of sp³-hybridized carbons (Fsp3) is 0.348. The van der Waals surface area contributed by atoms with E-state index < -0.39 is 0 Å². The molecule has 4 rings (SSSR count). The van der Waals surface area contributed by atoms with E-state index in [1.165, 1.54) is 4.90 Å². The maximum Gasteiger partial charge on any atom is 0.261 e. The third-order valence-electron chi connectivity index (χ3n) is 5.75. The molecule has 6 nitrogen and oxygen atoms in total. The summed E-state index contributed by atoms with van der Waals surface area (Å²) in [6.45, 7) is 5.60. The van der Waals surface area contributed by atoms with Gasteiger partial charge in [0.2, 0.25) is 5.91 Å².